The third-order valence-corrected chi connectivity index (χ3v) is 3.83. The van der Waals surface area contributed by atoms with E-state index in [4.69, 9.17) is 4.74 Å². The number of hydrogen-bond donors (Lipinski definition) is 2. The van der Waals surface area contributed by atoms with Crippen LogP contribution < -0.4 is 5.32 Å². The molecule has 0 saturated carbocycles. The Hall–Kier alpha value is -2.43. The lowest BCUT2D eigenvalue weighted by molar-refractivity contribution is -0.142. The molecule has 0 spiro atoms. The van der Waals surface area contributed by atoms with Gasteiger partial charge in [0.1, 0.15) is 18.5 Å². The topological polar surface area (TPSA) is 97.7 Å². The molecule has 0 aromatic carbocycles. The van der Waals surface area contributed by atoms with Crippen molar-refractivity contribution in [1.29, 1.82) is 0 Å². The van der Waals surface area contributed by atoms with Gasteiger partial charge in [0.2, 0.25) is 5.91 Å². The number of aryl methyl sites for hydroxylation is 2. The maximum atomic E-state index is 12.8. The summed E-state index contributed by atoms with van der Waals surface area (Å²) < 4.78 is 44.8. The molecule has 1 saturated heterocycles. The van der Waals surface area contributed by atoms with Gasteiger partial charge in [-0.25, -0.2) is 4.98 Å². The quantitative estimate of drug-likeness (QED) is 0.858. The van der Waals surface area contributed by atoms with Crippen LogP contribution in [0.15, 0.2) is 6.20 Å². The summed E-state index contributed by atoms with van der Waals surface area (Å²) in [7, 11) is 0. The Kier molecular flexibility index (Phi) is 4.50. The SMILES string of the molecule is Cc1nc([C@@H]2OCC[C@@H]2NC(=O)Cn2cc(C)c(C(F)(F)F)n2)n[nH]1. The highest BCUT2D eigenvalue weighted by Crippen LogP contribution is 2.30. The standard InChI is InChI=1S/C14H17F3N6O2/c1-7-5-23(22-12(7)14(15,16)17)6-10(24)19-9-3-4-25-11(9)13-18-8(2)20-21-13/h5,9,11H,3-4,6H2,1-2H3,(H,19,24)(H,18,20,21)/t9-,11+/m0/s1. The van der Waals surface area contributed by atoms with E-state index in [1.165, 1.54) is 13.1 Å². The third kappa shape index (κ3) is 3.81. The summed E-state index contributed by atoms with van der Waals surface area (Å²) in [6.07, 6.45) is -3.27. The Bertz CT molecular complexity index is 769. The molecule has 1 aliphatic heterocycles. The van der Waals surface area contributed by atoms with Gasteiger partial charge in [-0.15, -0.1) is 0 Å². The molecule has 1 aliphatic rings. The number of hydrogen-bond acceptors (Lipinski definition) is 5. The second kappa shape index (κ2) is 6.47. The highest BCUT2D eigenvalue weighted by molar-refractivity contribution is 5.76. The van der Waals surface area contributed by atoms with Crippen molar-refractivity contribution in [3.05, 3.63) is 29.1 Å². The summed E-state index contributed by atoms with van der Waals surface area (Å²) in [5.41, 5.74) is -1.02. The summed E-state index contributed by atoms with van der Waals surface area (Å²) >= 11 is 0. The number of halogens is 3. The van der Waals surface area contributed by atoms with Gasteiger partial charge in [-0.3, -0.25) is 14.6 Å². The first-order chi connectivity index (χ1) is 11.7. The number of ether oxygens (including phenoxy) is 1. The Balaban J connectivity index is 1.64. The molecule has 0 radical (unpaired) electrons. The van der Waals surface area contributed by atoms with Crippen LogP contribution >= 0.6 is 0 Å². The minimum Gasteiger partial charge on any atom is -0.368 e. The van der Waals surface area contributed by atoms with Crippen molar-refractivity contribution in [3.8, 4) is 0 Å². The number of aromatic nitrogens is 5. The summed E-state index contributed by atoms with van der Waals surface area (Å²) in [4.78, 5) is 16.4. The normalized spacial score (nSPS) is 20.8. The summed E-state index contributed by atoms with van der Waals surface area (Å²) in [5, 5.41) is 12.9. The molecule has 136 valence electrons. The molecule has 11 heteroatoms. The van der Waals surface area contributed by atoms with Crippen LogP contribution in [0.3, 0.4) is 0 Å². The van der Waals surface area contributed by atoms with Gasteiger partial charge >= 0.3 is 6.18 Å². The van der Waals surface area contributed by atoms with Gasteiger partial charge < -0.3 is 10.1 Å². The van der Waals surface area contributed by atoms with Crippen molar-refractivity contribution in [3.63, 3.8) is 0 Å². The molecule has 3 rings (SSSR count). The number of nitrogens with one attached hydrogen (secondary N) is 2. The van der Waals surface area contributed by atoms with Crippen molar-refractivity contribution in [1.82, 2.24) is 30.3 Å². The second-order valence-electron chi connectivity index (χ2n) is 5.89. The van der Waals surface area contributed by atoms with Crippen molar-refractivity contribution in [2.45, 2.75) is 45.1 Å². The first kappa shape index (κ1) is 17.4. The lowest BCUT2D eigenvalue weighted by Gasteiger charge is -2.17. The maximum absolute atomic E-state index is 12.8. The van der Waals surface area contributed by atoms with Crippen LogP contribution in [0.25, 0.3) is 0 Å². The van der Waals surface area contributed by atoms with Crippen LogP contribution in [0.1, 0.15) is 35.4 Å². The number of carbonyl (C=O) groups is 1. The van der Waals surface area contributed by atoms with Gasteiger partial charge in [-0.2, -0.15) is 23.4 Å². The third-order valence-electron chi connectivity index (χ3n) is 3.83. The van der Waals surface area contributed by atoms with Crippen molar-refractivity contribution < 1.29 is 22.7 Å². The Morgan fingerprint density at radius 1 is 1.48 bits per heavy atom. The van der Waals surface area contributed by atoms with Crippen molar-refractivity contribution in [2.24, 2.45) is 0 Å². The number of rotatable bonds is 4. The highest BCUT2D eigenvalue weighted by Gasteiger charge is 2.36. The van der Waals surface area contributed by atoms with E-state index in [1.807, 2.05) is 0 Å². The number of alkyl halides is 3. The first-order valence-corrected chi connectivity index (χ1v) is 7.65. The second-order valence-corrected chi connectivity index (χ2v) is 5.89. The number of amides is 1. The molecule has 1 amide bonds. The van der Waals surface area contributed by atoms with Crippen LogP contribution in [0.4, 0.5) is 13.2 Å². The first-order valence-electron chi connectivity index (χ1n) is 7.65. The van der Waals surface area contributed by atoms with E-state index in [0.29, 0.717) is 24.7 Å². The molecule has 25 heavy (non-hydrogen) atoms. The van der Waals surface area contributed by atoms with E-state index in [9.17, 15) is 18.0 Å². The van der Waals surface area contributed by atoms with Crippen LogP contribution in [0.5, 0.6) is 0 Å². The summed E-state index contributed by atoms with van der Waals surface area (Å²) in [6, 6.07) is -0.346. The summed E-state index contributed by atoms with van der Waals surface area (Å²) in [5.74, 6) is 0.612. The zero-order chi connectivity index (χ0) is 18.2. The van der Waals surface area contributed by atoms with E-state index < -0.39 is 23.9 Å². The zero-order valence-corrected chi connectivity index (χ0v) is 13.6. The smallest absolute Gasteiger partial charge is 0.368 e. The van der Waals surface area contributed by atoms with Crippen molar-refractivity contribution >= 4 is 5.91 Å². The van der Waals surface area contributed by atoms with Gasteiger partial charge in [0.15, 0.2) is 11.5 Å². The van der Waals surface area contributed by atoms with Crippen LogP contribution in [0.2, 0.25) is 0 Å². The minimum absolute atomic E-state index is 0.0291. The Labute approximate surface area is 140 Å². The molecular formula is C14H17F3N6O2. The molecule has 0 unspecified atom stereocenters. The fourth-order valence-electron chi connectivity index (χ4n) is 2.76. The van der Waals surface area contributed by atoms with E-state index in [1.54, 1.807) is 6.92 Å². The Morgan fingerprint density at radius 2 is 2.24 bits per heavy atom. The average molecular weight is 358 g/mol. The monoisotopic (exact) mass is 358 g/mol. The Morgan fingerprint density at radius 3 is 2.84 bits per heavy atom. The molecule has 2 atom stereocenters. The number of aromatic amines is 1. The van der Waals surface area contributed by atoms with Gasteiger partial charge in [-0.05, 0) is 25.8 Å². The fourth-order valence-corrected chi connectivity index (χ4v) is 2.76. The van der Waals surface area contributed by atoms with Crippen LogP contribution in [0, 0.1) is 13.8 Å². The molecule has 3 heterocycles. The lowest BCUT2D eigenvalue weighted by Crippen LogP contribution is -2.39. The molecule has 8 nitrogen and oxygen atoms in total. The van der Waals surface area contributed by atoms with E-state index in [-0.39, 0.29) is 18.2 Å². The zero-order valence-electron chi connectivity index (χ0n) is 13.6. The average Bonchev–Trinajstić information content (AvgIpc) is 3.18. The predicted molar refractivity (Wildman–Crippen MR) is 78.3 cm³/mol. The van der Waals surface area contributed by atoms with Gasteiger partial charge in [0.25, 0.3) is 0 Å². The molecule has 0 bridgehead atoms. The molecule has 2 N–H and O–H groups in total. The van der Waals surface area contributed by atoms with E-state index in [0.717, 1.165) is 4.68 Å². The fraction of sp³-hybridized carbons (Fsp3) is 0.571. The molecule has 2 aromatic heterocycles. The van der Waals surface area contributed by atoms with Crippen LogP contribution in [-0.2, 0) is 22.3 Å². The highest BCUT2D eigenvalue weighted by atomic mass is 19.4. The molecule has 2 aromatic rings. The largest absolute Gasteiger partial charge is 0.435 e. The van der Waals surface area contributed by atoms with E-state index in [2.05, 4.69) is 25.6 Å². The molecule has 0 aliphatic carbocycles. The summed E-state index contributed by atoms with van der Waals surface area (Å²) in [6.45, 7) is 3.17. The number of carbonyl (C=O) groups excluding carboxylic acids is 1. The number of H-pyrrole nitrogens is 1. The van der Waals surface area contributed by atoms with Gasteiger partial charge in [0, 0.05) is 12.8 Å². The van der Waals surface area contributed by atoms with Crippen LogP contribution in [-0.4, -0.2) is 43.5 Å². The van der Waals surface area contributed by atoms with Gasteiger partial charge in [-0.1, -0.05) is 0 Å². The maximum Gasteiger partial charge on any atom is 0.435 e. The van der Waals surface area contributed by atoms with E-state index >= 15 is 0 Å². The van der Waals surface area contributed by atoms with Crippen molar-refractivity contribution in [2.75, 3.05) is 6.61 Å². The van der Waals surface area contributed by atoms with Gasteiger partial charge in [0.05, 0.1) is 6.04 Å². The lowest BCUT2D eigenvalue weighted by atomic mass is 10.1. The minimum atomic E-state index is -4.54. The molecule has 1 fully saturated rings. The predicted octanol–water partition coefficient (Wildman–Crippen LogP) is 1.28. The number of nitrogens with zero attached hydrogens (tertiary/aromatic N) is 4. The molecular weight excluding hydrogens is 341 g/mol.